The molecule has 29 heavy (non-hydrogen) atoms. The Hall–Kier alpha value is -3.62. The van der Waals surface area contributed by atoms with Crippen LogP contribution in [-0.2, 0) is 24.8 Å². The van der Waals surface area contributed by atoms with E-state index in [0.717, 1.165) is 10.1 Å². The lowest BCUT2D eigenvalue weighted by atomic mass is 10.1. The van der Waals surface area contributed by atoms with E-state index >= 15 is 0 Å². The van der Waals surface area contributed by atoms with Crippen molar-refractivity contribution in [1.29, 1.82) is 0 Å². The summed E-state index contributed by atoms with van der Waals surface area (Å²) < 4.78 is 12.6. The van der Waals surface area contributed by atoms with Crippen molar-refractivity contribution >= 4 is 22.6 Å². The number of fused-ring (bicyclic) bond motifs is 1. The van der Waals surface area contributed by atoms with Crippen LogP contribution < -0.4 is 26.0 Å². The smallest absolute Gasteiger partial charge is 0.332 e. The Morgan fingerprint density at radius 3 is 2.41 bits per heavy atom. The highest BCUT2D eigenvalue weighted by Crippen LogP contribution is 2.25. The lowest BCUT2D eigenvalue weighted by Crippen LogP contribution is -2.42. The number of carbonyl (C=O) groups is 1. The second kappa shape index (κ2) is 8.17. The number of amides is 1. The molecule has 0 bridgehead atoms. The van der Waals surface area contributed by atoms with E-state index in [2.05, 4.69) is 10.3 Å². The van der Waals surface area contributed by atoms with Crippen molar-refractivity contribution in [1.82, 2.24) is 14.1 Å². The number of carbonyl (C=O) groups excluding carboxylic acids is 1. The van der Waals surface area contributed by atoms with Crippen LogP contribution in [0.3, 0.4) is 0 Å². The van der Waals surface area contributed by atoms with Gasteiger partial charge >= 0.3 is 5.69 Å². The van der Waals surface area contributed by atoms with Gasteiger partial charge in [0.1, 0.15) is 23.4 Å². The fourth-order valence-electron chi connectivity index (χ4n) is 3.11. The third-order valence-electron chi connectivity index (χ3n) is 4.64. The zero-order valence-corrected chi connectivity index (χ0v) is 16.7. The molecule has 2 heterocycles. The minimum absolute atomic E-state index is 0.172. The van der Waals surface area contributed by atoms with Gasteiger partial charge in [0.05, 0.1) is 14.2 Å². The highest BCUT2D eigenvalue weighted by molar-refractivity contribution is 5.91. The Balaban J connectivity index is 2.03. The Bertz CT molecular complexity index is 1180. The molecule has 0 saturated carbocycles. The number of pyridine rings is 1. The van der Waals surface area contributed by atoms with Crippen LogP contribution in [0.2, 0.25) is 0 Å². The number of benzene rings is 1. The lowest BCUT2D eigenvalue weighted by molar-refractivity contribution is -0.116. The van der Waals surface area contributed by atoms with Gasteiger partial charge in [0.2, 0.25) is 5.91 Å². The number of nitrogens with zero attached hydrogens (tertiary/aromatic N) is 3. The Labute approximate surface area is 166 Å². The van der Waals surface area contributed by atoms with E-state index in [-0.39, 0.29) is 11.0 Å². The first-order valence-corrected chi connectivity index (χ1v) is 9.00. The lowest BCUT2D eigenvalue weighted by Gasteiger charge is -2.14. The number of methoxy groups -OCH3 is 2. The van der Waals surface area contributed by atoms with E-state index in [9.17, 15) is 14.4 Å². The van der Waals surface area contributed by atoms with Gasteiger partial charge in [-0.2, -0.15) is 0 Å². The van der Waals surface area contributed by atoms with E-state index in [1.807, 2.05) is 6.92 Å². The minimum Gasteiger partial charge on any atom is -0.497 e. The summed E-state index contributed by atoms with van der Waals surface area (Å²) in [4.78, 5) is 42.4. The van der Waals surface area contributed by atoms with Crippen LogP contribution in [0.15, 0.2) is 40.1 Å². The molecule has 0 saturated heterocycles. The van der Waals surface area contributed by atoms with Gasteiger partial charge < -0.3 is 14.8 Å². The molecule has 9 heteroatoms. The van der Waals surface area contributed by atoms with Crippen LogP contribution in [0.4, 0.5) is 5.69 Å². The summed E-state index contributed by atoms with van der Waals surface area (Å²) >= 11 is 0. The molecule has 0 radical (unpaired) electrons. The Kier molecular flexibility index (Phi) is 5.67. The molecular weight excluding hydrogens is 376 g/mol. The largest absolute Gasteiger partial charge is 0.497 e. The molecule has 9 nitrogen and oxygen atoms in total. The third-order valence-corrected chi connectivity index (χ3v) is 4.64. The summed E-state index contributed by atoms with van der Waals surface area (Å²) in [6.07, 6.45) is 2.19. The first kappa shape index (κ1) is 20.1. The maximum atomic E-state index is 13.1. The number of rotatable bonds is 6. The Morgan fingerprint density at radius 2 is 1.83 bits per heavy atom. The predicted molar refractivity (Wildman–Crippen MR) is 109 cm³/mol. The van der Waals surface area contributed by atoms with Gasteiger partial charge in [-0.15, -0.1) is 0 Å². The van der Waals surface area contributed by atoms with Gasteiger partial charge in [-0.1, -0.05) is 6.92 Å². The van der Waals surface area contributed by atoms with Crippen molar-refractivity contribution in [2.24, 2.45) is 7.05 Å². The van der Waals surface area contributed by atoms with E-state index in [1.54, 1.807) is 37.6 Å². The maximum Gasteiger partial charge on any atom is 0.332 e. The quantitative estimate of drug-likeness (QED) is 0.671. The summed E-state index contributed by atoms with van der Waals surface area (Å²) in [6, 6.07) is 6.72. The van der Waals surface area contributed by atoms with Crippen LogP contribution in [0.5, 0.6) is 11.5 Å². The topological polar surface area (TPSA) is 104 Å². The molecule has 3 rings (SSSR count). The average molecular weight is 398 g/mol. The summed E-state index contributed by atoms with van der Waals surface area (Å²) in [5, 5.41) is 2.84. The van der Waals surface area contributed by atoms with Gasteiger partial charge in [0, 0.05) is 24.5 Å². The molecule has 1 aromatic carbocycles. The fraction of sp³-hybridized carbons (Fsp3) is 0.300. The van der Waals surface area contributed by atoms with Crippen molar-refractivity contribution < 1.29 is 14.3 Å². The first-order valence-electron chi connectivity index (χ1n) is 9.00. The van der Waals surface area contributed by atoms with Crippen molar-refractivity contribution in [3.63, 3.8) is 0 Å². The number of ether oxygens (including phenoxy) is 2. The molecule has 2 aromatic heterocycles. The van der Waals surface area contributed by atoms with E-state index in [4.69, 9.17) is 9.47 Å². The van der Waals surface area contributed by atoms with Gasteiger partial charge in [0.25, 0.3) is 5.56 Å². The first-order chi connectivity index (χ1) is 13.9. The highest BCUT2D eigenvalue weighted by Gasteiger charge is 2.20. The number of hydrogen-bond acceptors (Lipinski definition) is 6. The van der Waals surface area contributed by atoms with Gasteiger partial charge in [0.15, 0.2) is 5.65 Å². The summed E-state index contributed by atoms with van der Waals surface area (Å²) in [5.41, 5.74) is 0.221. The van der Waals surface area contributed by atoms with Gasteiger partial charge in [-0.05, 0) is 30.7 Å². The van der Waals surface area contributed by atoms with Crippen molar-refractivity contribution in [2.45, 2.75) is 19.9 Å². The van der Waals surface area contributed by atoms with Crippen LogP contribution in [0, 0.1) is 0 Å². The molecule has 0 atom stereocenters. The molecule has 0 aliphatic carbocycles. The summed E-state index contributed by atoms with van der Waals surface area (Å²) in [5.74, 6) is 0.503. The average Bonchev–Trinajstić information content (AvgIpc) is 2.74. The SMILES string of the molecule is CCc1cnc2c(c1OC)c(=O)n(CC(=O)Nc1ccc(OC)cc1)c(=O)n2C. The van der Waals surface area contributed by atoms with E-state index in [1.165, 1.54) is 18.7 Å². The fourth-order valence-corrected chi connectivity index (χ4v) is 3.11. The molecule has 0 spiro atoms. The molecule has 0 fully saturated rings. The van der Waals surface area contributed by atoms with E-state index < -0.39 is 23.7 Å². The van der Waals surface area contributed by atoms with Gasteiger partial charge in [-0.25, -0.2) is 14.3 Å². The van der Waals surface area contributed by atoms with Crippen molar-refractivity contribution in [2.75, 3.05) is 19.5 Å². The number of aromatic nitrogens is 3. The summed E-state index contributed by atoms with van der Waals surface area (Å²) in [7, 11) is 4.50. The van der Waals surface area contributed by atoms with Crippen LogP contribution in [-0.4, -0.2) is 34.2 Å². The van der Waals surface area contributed by atoms with Crippen LogP contribution >= 0.6 is 0 Å². The molecular formula is C20H22N4O5. The number of hydrogen-bond donors (Lipinski definition) is 1. The molecule has 0 aliphatic heterocycles. The molecule has 1 amide bonds. The summed E-state index contributed by atoms with van der Waals surface area (Å²) in [6.45, 7) is 1.47. The number of nitrogens with one attached hydrogen (secondary N) is 1. The minimum atomic E-state index is -0.633. The molecule has 0 aliphatic rings. The predicted octanol–water partition coefficient (Wildman–Crippen LogP) is 1.31. The Morgan fingerprint density at radius 1 is 1.14 bits per heavy atom. The zero-order valence-electron chi connectivity index (χ0n) is 16.7. The molecule has 152 valence electrons. The van der Waals surface area contributed by atoms with Crippen molar-refractivity contribution in [3.05, 3.63) is 56.9 Å². The van der Waals surface area contributed by atoms with Crippen LogP contribution in [0.25, 0.3) is 11.0 Å². The molecule has 0 unspecified atom stereocenters. The second-order valence-electron chi connectivity index (χ2n) is 6.38. The number of aryl methyl sites for hydroxylation is 2. The maximum absolute atomic E-state index is 13.1. The molecule has 3 aromatic rings. The zero-order chi connectivity index (χ0) is 21.1. The molecule has 1 N–H and O–H groups in total. The standard InChI is InChI=1S/C20H22N4O5/c1-5-12-10-21-18-16(17(12)29-4)19(26)24(20(27)23(18)2)11-15(25)22-13-6-8-14(28-3)9-7-13/h6-10H,5,11H2,1-4H3,(H,22,25). The van der Waals surface area contributed by atoms with E-state index in [0.29, 0.717) is 23.6 Å². The normalized spacial score (nSPS) is 10.8. The third kappa shape index (κ3) is 3.71. The number of anilines is 1. The second-order valence-corrected chi connectivity index (χ2v) is 6.38. The van der Waals surface area contributed by atoms with Crippen molar-refractivity contribution in [3.8, 4) is 11.5 Å². The van der Waals surface area contributed by atoms with Gasteiger partial charge in [-0.3, -0.25) is 14.2 Å². The highest BCUT2D eigenvalue weighted by atomic mass is 16.5. The monoisotopic (exact) mass is 398 g/mol. The van der Waals surface area contributed by atoms with Crippen LogP contribution in [0.1, 0.15) is 12.5 Å².